The largest absolute Gasteiger partial charge is 0.465 e. The smallest absolute Gasteiger partial charge is 0.412 e. The number of amides is 1. The Balaban J connectivity index is 3.42. The number of benzene rings is 1. The maximum absolute atomic E-state index is 13.2. The number of hydrogen-bond acceptors (Lipinski definition) is 2. The third kappa shape index (κ3) is 2.98. The molecule has 0 unspecified atom stereocenters. The molecule has 1 aromatic rings. The lowest BCUT2D eigenvalue weighted by atomic mass is 10.0. The summed E-state index contributed by atoms with van der Waals surface area (Å²) in [6, 6.07) is 3.71. The predicted molar refractivity (Wildman–Crippen MR) is 67.3 cm³/mol. The molecule has 4 nitrogen and oxygen atoms in total. The Morgan fingerprint density at radius 1 is 1.39 bits per heavy atom. The summed E-state index contributed by atoms with van der Waals surface area (Å²) in [7, 11) is 0. The number of rotatable bonds is 2. The highest BCUT2D eigenvalue weighted by Gasteiger charge is 2.30. The third-order valence-corrected chi connectivity index (χ3v) is 2.54. The van der Waals surface area contributed by atoms with Crippen LogP contribution in [0.2, 0.25) is 0 Å². The molecule has 100 valence electrons. The second kappa shape index (κ2) is 4.94. The topological polar surface area (TPSA) is 60.8 Å². The minimum atomic E-state index is -1.14. The molecular formula is C13H18FNO3. The molecule has 0 radical (unpaired) electrons. The van der Waals surface area contributed by atoms with Gasteiger partial charge >= 0.3 is 6.09 Å². The zero-order valence-electron chi connectivity index (χ0n) is 10.9. The fourth-order valence-corrected chi connectivity index (χ4v) is 1.81. The van der Waals surface area contributed by atoms with Gasteiger partial charge in [0.15, 0.2) is 0 Å². The number of nitrogens with zero attached hydrogens (tertiary/aromatic N) is 1. The molecule has 0 bridgehead atoms. The first-order valence-electron chi connectivity index (χ1n) is 5.65. The van der Waals surface area contributed by atoms with Crippen LogP contribution in [0.5, 0.6) is 0 Å². The molecule has 0 aliphatic carbocycles. The molecule has 0 saturated heterocycles. The summed E-state index contributed by atoms with van der Waals surface area (Å²) >= 11 is 0. The average molecular weight is 255 g/mol. The van der Waals surface area contributed by atoms with Gasteiger partial charge in [-0.1, -0.05) is 0 Å². The van der Waals surface area contributed by atoms with Crippen LogP contribution < -0.4 is 4.90 Å². The summed E-state index contributed by atoms with van der Waals surface area (Å²) in [5.41, 5.74) is -0.133. The highest BCUT2D eigenvalue weighted by Crippen LogP contribution is 2.32. The van der Waals surface area contributed by atoms with Gasteiger partial charge in [-0.15, -0.1) is 0 Å². The van der Waals surface area contributed by atoms with Gasteiger partial charge in [-0.3, -0.25) is 4.90 Å². The van der Waals surface area contributed by atoms with Crippen LogP contribution in [0, 0.1) is 5.82 Å². The highest BCUT2D eigenvalue weighted by atomic mass is 19.1. The van der Waals surface area contributed by atoms with Gasteiger partial charge in [0.05, 0.1) is 11.8 Å². The minimum absolute atomic E-state index is 0.257. The molecule has 0 saturated carbocycles. The summed E-state index contributed by atoms with van der Waals surface area (Å²) < 4.78 is 13.2. The molecule has 1 rings (SSSR count). The third-order valence-electron chi connectivity index (χ3n) is 2.54. The first kappa shape index (κ1) is 14.4. The number of hydrogen-bond donors (Lipinski definition) is 2. The first-order valence-corrected chi connectivity index (χ1v) is 5.65. The van der Waals surface area contributed by atoms with E-state index in [0.29, 0.717) is 5.69 Å². The van der Waals surface area contributed by atoms with E-state index in [9.17, 15) is 19.4 Å². The zero-order chi connectivity index (χ0) is 14.1. The van der Waals surface area contributed by atoms with E-state index in [0.717, 1.165) is 11.0 Å². The van der Waals surface area contributed by atoms with Crippen LogP contribution in [0.1, 0.15) is 39.4 Å². The van der Waals surface area contributed by atoms with Gasteiger partial charge in [0, 0.05) is 11.1 Å². The number of carboxylic acid groups (broad SMARTS) is 1. The van der Waals surface area contributed by atoms with E-state index >= 15 is 0 Å². The van der Waals surface area contributed by atoms with E-state index in [1.807, 2.05) is 0 Å². The van der Waals surface area contributed by atoms with Gasteiger partial charge in [-0.25, -0.2) is 9.18 Å². The average Bonchev–Trinajstić information content (AvgIpc) is 2.17. The number of aliphatic hydroxyl groups excluding tert-OH is 1. The fraction of sp³-hybridized carbons (Fsp3) is 0.462. The first-order chi connectivity index (χ1) is 8.14. The van der Waals surface area contributed by atoms with E-state index in [-0.39, 0.29) is 5.56 Å². The molecule has 2 N–H and O–H groups in total. The Bertz CT molecular complexity index is 452. The molecule has 0 spiro atoms. The number of halogens is 1. The van der Waals surface area contributed by atoms with Crippen LogP contribution in [-0.4, -0.2) is 21.8 Å². The summed E-state index contributed by atoms with van der Waals surface area (Å²) in [6.45, 7) is 6.67. The van der Waals surface area contributed by atoms with Crippen LogP contribution in [0.15, 0.2) is 18.2 Å². The van der Waals surface area contributed by atoms with Crippen LogP contribution in [0.3, 0.4) is 0 Å². The summed E-state index contributed by atoms with van der Waals surface area (Å²) in [6.07, 6.45) is -2.09. The van der Waals surface area contributed by atoms with E-state index < -0.39 is 23.6 Å². The Kier molecular flexibility index (Phi) is 3.96. The molecule has 0 fully saturated rings. The fourth-order valence-electron chi connectivity index (χ4n) is 1.81. The molecule has 5 heteroatoms. The Morgan fingerprint density at radius 3 is 2.33 bits per heavy atom. The molecule has 0 aliphatic heterocycles. The van der Waals surface area contributed by atoms with Crippen LogP contribution in [0.25, 0.3) is 0 Å². The summed E-state index contributed by atoms with van der Waals surface area (Å²) in [5, 5.41) is 18.9. The molecule has 1 atom stereocenters. The Hall–Kier alpha value is -1.62. The predicted octanol–water partition coefficient (Wildman–Crippen LogP) is 3.16. The lowest BCUT2D eigenvalue weighted by Crippen LogP contribution is -2.45. The molecule has 1 aromatic carbocycles. The van der Waals surface area contributed by atoms with Crippen molar-refractivity contribution in [3.05, 3.63) is 29.6 Å². The van der Waals surface area contributed by atoms with Crippen molar-refractivity contribution in [3.8, 4) is 0 Å². The molecule has 0 aliphatic rings. The maximum Gasteiger partial charge on any atom is 0.412 e. The van der Waals surface area contributed by atoms with Crippen molar-refractivity contribution in [2.45, 2.75) is 39.3 Å². The number of aliphatic hydroxyl groups is 1. The molecule has 0 aromatic heterocycles. The van der Waals surface area contributed by atoms with Gasteiger partial charge in [-0.05, 0) is 45.9 Å². The summed E-state index contributed by atoms with van der Waals surface area (Å²) in [5.74, 6) is -0.506. The van der Waals surface area contributed by atoms with E-state index in [1.54, 1.807) is 20.8 Å². The SMILES string of the molecule is C[C@H](O)c1cc(F)ccc1N(C(=O)O)C(C)(C)C. The lowest BCUT2D eigenvalue weighted by molar-refractivity contribution is 0.191. The monoisotopic (exact) mass is 255 g/mol. The van der Waals surface area contributed by atoms with Crippen molar-refractivity contribution in [2.24, 2.45) is 0 Å². The van der Waals surface area contributed by atoms with Crippen molar-refractivity contribution in [2.75, 3.05) is 4.90 Å². The van der Waals surface area contributed by atoms with Gasteiger partial charge in [0.25, 0.3) is 0 Å². The van der Waals surface area contributed by atoms with Crippen LogP contribution in [-0.2, 0) is 0 Å². The quantitative estimate of drug-likeness (QED) is 0.853. The van der Waals surface area contributed by atoms with Crippen LogP contribution in [0.4, 0.5) is 14.9 Å². The van der Waals surface area contributed by atoms with Crippen molar-refractivity contribution >= 4 is 11.8 Å². The molecular weight excluding hydrogens is 237 g/mol. The maximum atomic E-state index is 13.2. The van der Waals surface area contributed by atoms with E-state index in [4.69, 9.17) is 0 Å². The van der Waals surface area contributed by atoms with Crippen LogP contribution >= 0.6 is 0 Å². The standard InChI is InChI=1S/C13H18FNO3/c1-8(16)10-7-9(14)5-6-11(10)15(12(17)18)13(2,3)4/h5-8,16H,1-4H3,(H,17,18)/t8-/m0/s1. The van der Waals surface area contributed by atoms with Crippen molar-refractivity contribution in [1.82, 2.24) is 0 Å². The Labute approximate surface area is 106 Å². The van der Waals surface area contributed by atoms with Gasteiger partial charge < -0.3 is 10.2 Å². The van der Waals surface area contributed by atoms with Gasteiger partial charge in [0.1, 0.15) is 5.82 Å². The normalized spacial score (nSPS) is 13.2. The molecule has 0 heterocycles. The molecule has 1 amide bonds. The number of carbonyl (C=O) groups is 1. The lowest BCUT2D eigenvalue weighted by Gasteiger charge is -2.34. The Morgan fingerprint density at radius 2 is 1.94 bits per heavy atom. The van der Waals surface area contributed by atoms with Crippen molar-refractivity contribution < 1.29 is 19.4 Å². The van der Waals surface area contributed by atoms with Crippen molar-refractivity contribution in [1.29, 1.82) is 0 Å². The molecule has 18 heavy (non-hydrogen) atoms. The van der Waals surface area contributed by atoms with E-state index in [1.165, 1.54) is 19.1 Å². The number of anilines is 1. The second-order valence-corrected chi connectivity index (χ2v) is 5.17. The van der Waals surface area contributed by atoms with Crippen molar-refractivity contribution in [3.63, 3.8) is 0 Å². The highest BCUT2D eigenvalue weighted by molar-refractivity contribution is 5.88. The van der Waals surface area contributed by atoms with E-state index in [2.05, 4.69) is 0 Å². The second-order valence-electron chi connectivity index (χ2n) is 5.17. The minimum Gasteiger partial charge on any atom is -0.465 e. The van der Waals surface area contributed by atoms with Gasteiger partial charge in [0.2, 0.25) is 0 Å². The van der Waals surface area contributed by atoms with Gasteiger partial charge in [-0.2, -0.15) is 0 Å². The zero-order valence-corrected chi connectivity index (χ0v) is 10.9. The summed E-state index contributed by atoms with van der Waals surface area (Å²) in [4.78, 5) is 12.5.